The van der Waals surface area contributed by atoms with Crippen molar-refractivity contribution >= 4 is 5.91 Å². The van der Waals surface area contributed by atoms with E-state index >= 15 is 0 Å². The summed E-state index contributed by atoms with van der Waals surface area (Å²) in [6, 6.07) is 13.9. The van der Waals surface area contributed by atoms with Crippen LogP contribution < -0.4 is 14.8 Å². The van der Waals surface area contributed by atoms with Gasteiger partial charge in [-0.1, -0.05) is 30.3 Å². The van der Waals surface area contributed by atoms with E-state index in [0.29, 0.717) is 6.61 Å². The Kier molecular flexibility index (Phi) is 6.38. The molecule has 0 aliphatic heterocycles. The minimum atomic E-state index is -0.542. The summed E-state index contributed by atoms with van der Waals surface area (Å²) in [4.78, 5) is 12.5. The van der Waals surface area contributed by atoms with E-state index in [9.17, 15) is 4.79 Å². The Morgan fingerprint density at radius 2 is 1.78 bits per heavy atom. The van der Waals surface area contributed by atoms with Gasteiger partial charge in [-0.15, -0.1) is 0 Å². The van der Waals surface area contributed by atoms with Crippen molar-refractivity contribution in [3.8, 4) is 11.5 Å². The van der Waals surface area contributed by atoms with Crippen molar-refractivity contribution in [2.45, 2.75) is 58.6 Å². The number of benzene rings is 2. The predicted octanol–water partition coefficient (Wildman–Crippen LogP) is 4.22. The molecule has 0 saturated carbocycles. The molecule has 1 N–H and O–H groups in total. The highest BCUT2D eigenvalue weighted by Crippen LogP contribution is 2.30. The molecule has 1 amide bonds. The third kappa shape index (κ3) is 5.03. The van der Waals surface area contributed by atoms with Crippen molar-refractivity contribution in [1.82, 2.24) is 5.32 Å². The summed E-state index contributed by atoms with van der Waals surface area (Å²) in [5.41, 5.74) is 3.70. The second-order valence-electron chi connectivity index (χ2n) is 7.35. The van der Waals surface area contributed by atoms with Crippen molar-refractivity contribution in [2.24, 2.45) is 0 Å². The van der Waals surface area contributed by atoms with Gasteiger partial charge in [0.2, 0.25) is 0 Å². The van der Waals surface area contributed by atoms with E-state index in [0.717, 1.165) is 29.9 Å². The van der Waals surface area contributed by atoms with Crippen LogP contribution in [0.25, 0.3) is 0 Å². The van der Waals surface area contributed by atoms with Crippen LogP contribution in [0.3, 0.4) is 0 Å². The average molecular weight is 367 g/mol. The van der Waals surface area contributed by atoms with Crippen LogP contribution in [-0.4, -0.2) is 24.7 Å². The van der Waals surface area contributed by atoms with Crippen molar-refractivity contribution in [3.05, 3.63) is 59.2 Å². The lowest BCUT2D eigenvalue weighted by Gasteiger charge is -2.23. The van der Waals surface area contributed by atoms with Gasteiger partial charge in [0.15, 0.2) is 6.10 Å². The molecule has 2 aromatic rings. The van der Waals surface area contributed by atoms with Crippen LogP contribution >= 0.6 is 0 Å². The van der Waals surface area contributed by atoms with Crippen molar-refractivity contribution < 1.29 is 14.3 Å². The summed E-state index contributed by atoms with van der Waals surface area (Å²) < 4.78 is 11.8. The van der Waals surface area contributed by atoms with Gasteiger partial charge in [0.05, 0.1) is 6.04 Å². The van der Waals surface area contributed by atoms with E-state index in [2.05, 4.69) is 11.4 Å². The number of aryl methyl sites for hydroxylation is 2. The number of fused-ring (bicyclic) bond motifs is 1. The zero-order valence-electron chi connectivity index (χ0n) is 16.5. The largest absolute Gasteiger partial charge is 0.491 e. The molecule has 4 nitrogen and oxygen atoms in total. The fourth-order valence-corrected chi connectivity index (χ4v) is 3.44. The zero-order chi connectivity index (χ0) is 19.2. The summed E-state index contributed by atoms with van der Waals surface area (Å²) in [5, 5.41) is 2.98. The number of hydrogen-bond acceptors (Lipinski definition) is 3. The molecule has 4 heteroatoms. The Balaban J connectivity index is 1.52. The van der Waals surface area contributed by atoms with Gasteiger partial charge in [-0.25, -0.2) is 0 Å². The normalized spacial score (nSPS) is 15.4. The minimum absolute atomic E-state index is 0.104. The molecule has 0 heterocycles. The molecule has 3 rings (SSSR count). The number of ether oxygens (including phenoxy) is 2. The number of carbonyl (C=O) groups is 1. The monoisotopic (exact) mass is 367 g/mol. The van der Waals surface area contributed by atoms with E-state index < -0.39 is 6.10 Å². The predicted molar refractivity (Wildman–Crippen MR) is 107 cm³/mol. The number of hydrogen-bond donors (Lipinski definition) is 1. The second kappa shape index (κ2) is 8.94. The molecule has 0 radical (unpaired) electrons. The van der Waals surface area contributed by atoms with Gasteiger partial charge >= 0.3 is 0 Å². The van der Waals surface area contributed by atoms with Crippen LogP contribution in [0.5, 0.6) is 11.5 Å². The van der Waals surface area contributed by atoms with Crippen molar-refractivity contribution in [1.29, 1.82) is 0 Å². The smallest absolute Gasteiger partial charge is 0.261 e. The Morgan fingerprint density at radius 3 is 2.59 bits per heavy atom. The fraction of sp³-hybridized carbons (Fsp3) is 0.435. The maximum Gasteiger partial charge on any atom is 0.261 e. The molecule has 2 aromatic carbocycles. The van der Waals surface area contributed by atoms with Crippen LogP contribution in [-0.2, 0) is 17.6 Å². The quantitative estimate of drug-likeness (QED) is 0.797. The molecule has 0 fully saturated rings. The molecule has 1 aliphatic carbocycles. The van der Waals surface area contributed by atoms with E-state index in [1.807, 2.05) is 50.2 Å². The summed E-state index contributed by atoms with van der Waals surface area (Å²) in [6.07, 6.45) is 3.99. The molecular weight excluding hydrogens is 338 g/mol. The number of nitrogens with one attached hydrogen (secondary N) is 1. The molecule has 1 aliphatic rings. The van der Waals surface area contributed by atoms with Crippen molar-refractivity contribution in [3.63, 3.8) is 0 Å². The minimum Gasteiger partial charge on any atom is -0.491 e. The van der Waals surface area contributed by atoms with E-state index in [1.54, 1.807) is 6.92 Å². The first kappa shape index (κ1) is 19.3. The molecule has 0 unspecified atom stereocenters. The summed E-state index contributed by atoms with van der Waals surface area (Å²) in [7, 11) is 0. The molecule has 0 saturated heterocycles. The highest BCUT2D eigenvalue weighted by molar-refractivity contribution is 5.81. The molecule has 0 aromatic heterocycles. The first-order chi connectivity index (χ1) is 13.0. The summed E-state index contributed by atoms with van der Waals surface area (Å²) in [6.45, 7) is 6.17. The van der Waals surface area contributed by atoms with E-state index in [-0.39, 0.29) is 11.9 Å². The van der Waals surface area contributed by atoms with Crippen molar-refractivity contribution in [2.75, 3.05) is 6.61 Å². The van der Waals surface area contributed by atoms with Crippen LogP contribution in [0.4, 0.5) is 0 Å². The van der Waals surface area contributed by atoms with Crippen LogP contribution in [0.15, 0.2) is 42.5 Å². The molecule has 0 spiro atoms. The van der Waals surface area contributed by atoms with Gasteiger partial charge in [-0.05, 0) is 75.3 Å². The van der Waals surface area contributed by atoms with E-state index in [4.69, 9.17) is 9.47 Å². The first-order valence-corrected chi connectivity index (χ1v) is 9.81. The summed E-state index contributed by atoms with van der Waals surface area (Å²) in [5.74, 6) is 1.57. The highest BCUT2D eigenvalue weighted by Gasteiger charge is 2.20. The number of rotatable bonds is 7. The van der Waals surface area contributed by atoms with Gasteiger partial charge in [-0.3, -0.25) is 4.79 Å². The molecular formula is C23H29NO3. The van der Waals surface area contributed by atoms with Crippen LogP contribution in [0.2, 0.25) is 0 Å². The Bertz CT molecular complexity index is 787. The van der Waals surface area contributed by atoms with E-state index in [1.165, 1.54) is 24.0 Å². The lowest BCUT2D eigenvalue weighted by Crippen LogP contribution is -2.43. The van der Waals surface area contributed by atoms with Gasteiger partial charge in [0.25, 0.3) is 5.91 Å². The third-order valence-electron chi connectivity index (χ3n) is 5.00. The Morgan fingerprint density at radius 1 is 1.04 bits per heavy atom. The fourth-order valence-electron chi connectivity index (χ4n) is 3.44. The molecule has 0 bridgehead atoms. The molecule has 2 atom stereocenters. The first-order valence-electron chi connectivity index (χ1n) is 9.81. The van der Waals surface area contributed by atoms with Crippen LogP contribution in [0.1, 0.15) is 43.4 Å². The average Bonchev–Trinajstić information content (AvgIpc) is 2.67. The van der Waals surface area contributed by atoms with Crippen LogP contribution in [0, 0.1) is 6.92 Å². The second-order valence-corrected chi connectivity index (χ2v) is 7.35. The Labute approximate surface area is 161 Å². The van der Waals surface area contributed by atoms with Gasteiger partial charge in [0.1, 0.15) is 18.1 Å². The maximum atomic E-state index is 12.5. The molecule has 27 heavy (non-hydrogen) atoms. The molecule has 144 valence electrons. The van der Waals surface area contributed by atoms with Gasteiger partial charge < -0.3 is 14.8 Å². The zero-order valence-corrected chi connectivity index (χ0v) is 16.5. The maximum absolute atomic E-state index is 12.5. The SMILES string of the molecule is Cc1ccccc1OC[C@@H](C)NC(=O)[C@H](C)Oc1cccc2c1CCCC2. The Hall–Kier alpha value is -2.49. The topological polar surface area (TPSA) is 47.6 Å². The number of para-hydroxylation sites is 1. The number of carbonyl (C=O) groups excluding carboxylic acids is 1. The van der Waals surface area contributed by atoms with Gasteiger partial charge in [0, 0.05) is 0 Å². The highest BCUT2D eigenvalue weighted by atomic mass is 16.5. The lowest BCUT2D eigenvalue weighted by molar-refractivity contribution is -0.128. The summed E-state index contributed by atoms with van der Waals surface area (Å²) >= 11 is 0. The standard InChI is InChI=1S/C23H29NO3/c1-16-9-4-7-13-21(16)26-15-17(2)24-23(25)18(3)27-22-14-8-11-19-10-5-6-12-20(19)22/h4,7-9,11,13-14,17-18H,5-6,10,12,15H2,1-3H3,(H,24,25)/t17-,18+/m1/s1. The third-order valence-corrected chi connectivity index (χ3v) is 5.00. The lowest BCUT2D eigenvalue weighted by atomic mass is 9.91. The number of amides is 1. The van der Waals surface area contributed by atoms with Gasteiger partial charge in [-0.2, -0.15) is 0 Å².